The van der Waals surface area contributed by atoms with Gasteiger partial charge in [0.15, 0.2) is 0 Å². The second-order valence-corrected chi connectivity index (χ2v) is 19.9. The van der Waals surface area contributed by atoms with E-state index in [1.165, 1.54) is 51.6 Å². The topological polar surface area (TPSA) is 205 Å². The summed E-state index contributed by atoms with van der Waals surface area (Å²) in [5.74, 6) is -1.79. The third-order valence-electron chi connectivity index (χ3n) is 10.7. The number of aromatic nitrogens is 2. The molecule has 67 heavy (non-hydrogen) atoms. The molecule has 0 saturated carbocycles. The SMILES string of the molecule is CC(c1ccccc1)S(N)(=O)=O.COc1cc(-c2cc(F)cc(C(C)C)c2CC(=O)NS(=O)(=O)C(C)c2ccccc2)ccn1.COc1cc(-c2cc(F)cc(C(C)C)c2CC(=O)O)ccn1. The molecule has 2 heterocycles. The number of nitrogens with zero attached hydrogens (tertiary/aromatic N) is 2. The zero-order chi connectivity index (χ0) is 49.6. The number of aliphatic carboxylic acids is 1. The van der Waals surface area contributed by atoms with E-state index < -0.39 is 48.2 Å². The Kier molecular flexibility index (Phi) is 18.8. The van der Waals surface area contributed by atoms with E-state index in [1.54, 1.807) is 92.0 Å². The maximum Gasteiger partial charge on any atom is 0.307 e. The highest BCUT2D eigenvalue weighted by molar-refractivity contribution is 7.90. The third kappa shape index (κ3) is 15.0. The van der Waals surface area contributed by atoms with Gasteiger partial charge >= 0.3 is 5.97 Å². The first-order valence-corrected chi connectivity index (χ1v) is 24.2. The summed E-state index contributed by atoms with van der Waals surface area (Å²) in [5, 5.41) is 12.6. The Morgan fingerprint density at radius 1 is 0.627 bits per heavy atom. The van der Waals surface area contributed by atoms with E-state index in [0.717, 1.165) is 5.56 Å². The first-order chi connectivity index (χ1) is 31.6. The summed E-state index contributed by atoms with van der Waals surface area (Å²) in [5.41, 5.74) is 6.16. The zero-order valence-electron chi connectivity index (χ0n) is 38.5. The number of nitrogens with one attached hydrogen (secondary N) is 1. The molecule has 0 bridgehead atoms. The van der Waals surface area contributed by atoms with Crippen molar-refractivity contribution in [2.75, 3.05) is 14.2 Å². The van der Waals surface area contributed by atoms with Crippen LogP contribution in [0.15, 0.2) is 122 Å². The lowest BCUT2D eigenvalue weighted by atomic mass is 9.88. The molecule has 0 aliphatic carbocycles. The van der Waals surface area contributed by atoms with E-state index in [-0.39, 0.29) is 30.5 Å². The van der Waals surface area contributed by atoms with E-state index in [1.807, 2.05) is 33.8 Å². The van der Waals surface area contributed by atoms with Crippen LogP contribution < -0.4 is 19.3 Å². The van der Waals surface area contributed by atoms with Crippen molar-refractivity contribution in [3.8, 4) is 34.0 Å². The van der Waals surface area contributed by atoms with Crippen LogP contribution in [0.4, 0.5) is 8.78 Å². The highest BCUT2D eigenvalue weighted by Crippen LogP contribution is 2.35. The molecular weight excluding hydrogens is 903 g/mol. The Hall–Kier alpha value is -6.56. The van der Waals surface area contributed by atoms with Gasteiger partial charge < -0.3 is 14.6 Å². The van der Waals surface area contributed by atoms with Crippen molar-refractivity contribution >= 4 is 31.9 Å². The third-order valence-corrected chi connectivity index (χ3v) is 13.6. The number of benzene rings is 4. The monoisotopic (exact) mass is 958 g/mol. The molecule has 4 N–H and O–H groups in total. The van der Waals surface area contributed by atoms with Crippen LogP contribution in [-0.2, 0) is 42.5 Å². The average Bonchev–Trinajstić information content (AvgIpc) is 3.29. The van der Waals surface area contributed by atoms with Gasteiger partial charge in [0.2, 0.25) is 37.7 Å². The number of rotatable bonds is 15. The smallest absolute Gasteiger partial charge is 0.307 e. The summed E-state index contributed by atoms with van der Waals surface area (Å²) >= 11 is 0. The molecule has 2 aromatic heterocycles. The predicted octanol–water partition coefficient (Wildman–Crippen LogP) is 9.45. The van der Waals surface area contributed by atoms with Crippen LogP contribution in [0.3, 0.4) is 0 Å². The minimum atomic E-state index is -3.97. The number of hydrogen-bond donors (Lipinski definition) is 3. The molecule has 4 aromatic carbocycles. The van der Waals surface area contributed by atoms with E-state index in [0.29, 0.717) is 61.8 Å². The standard InChI is InChI=1S/C25H27FN2O4S.C17H18FNO3.C8H11NO2S/c1-16(2)21-13-20(26)14-22(19-10-11-27-25(12-19)32-4)23(21)15-24(29)28-33(30,31)17(3)18-8-6-5-7-9-18;1-10(2)13-7-12(18)8-14(15(13)9-17(20)21)11-4-5-19-16(6-11)22-3;1-7(12(9,10)11)8-5-3-2-4-6-8/h5-14,16-17H,15H2,1-4H3,(H,28,29);4-8,10H,9H2,1-3H3,(H,20,21);2-7H,1H3,(H2,9,10,11). The maximum atomic E-state index is 14.5. The van der Waals surface area contributed by atoms with Gasteiger partial charge in [0.1, 0.15) is 16.9 Å². The number of halogens is 2. The van der Waals surface area contributed by atoms with Crippen LogP contribution in [0.25, 0.3) is 22.3 Å². The molecule has 2 unspecified atom stereocenters. The van der Waals surface area contributed by atoms with Crippen molar-refractivity contribution in [3.05, 3.63) is 167 Å². The van der Waals surface area contributed by atoms with Gasteiger partial charge in [-0.3, -0.25) is 14.3 Å². The normalized spacial score (nSPS) is 12.2. The number of carbonyl (C=O) groups excluding carboxylic acids is 1. The summed E-state index contributed by atoms with van der Waals surface area (Å²) in [7, 11) is -4.45. The largest absolute Gasteiger partial charge is 0.481 e. The molecule has 6 rings (SSSR count). The highest BCUT2D eigenvalue weighted by Gasteiger charge is 2.27. The second-order valence-electron chi connectivity index (χ2n) is 16.0. The molecule has 0 aliphatic heterocycles. The van der Waals surface area contributed by atoms with Crippen molar-refractivity contribution in [3.63, 3.8) is 0 Å². The van der Waals surface area contributed by atoms with Gasteiger partial charge in [-0.2, -0.15) is 0 Å². The number of carbonyl (C=O) groups is 2. The van der Waals surface area contributed by atoms with Crippen molar-refractivity contribution in [1.82, 2.24) is 14.7 Å². The second kappa shape index (κ2) is 23.8. The maximum absolute atomic E-state index is 14.5. The van der Waals surface area contributed by atoms with Crippen LogP contribution in [0.1, 0.15) is 97.3 Å². The number of ether oxygens (including phenoxy) is 2. The van der Waals surface area contributed by atoms with Crippen molar-refractivity contribution in [2.24, 2.45) is 5.14 Å². The molecule has 0 fully saturated rings. The Labute approximate surface area is 391 Å². The van der Waals surface area contributed by atoms with Gasteiger partial charge in [-0.15, -0.1) is 0 Å². The number of methoxy groups -OCH3 is 2. The lowest BCUT2D eigenvalue weighted by Crippen LogP contribution is -2.35. The molecule has 356 valence electrons. The van der Waals surface area contributed by atoms with Crippen molar-refractivity contribution in [2.45, 2.75) is 76.7 Å². The summed E-state index contributed by atoms with van der Waals surface area (Å²) in [6.45, 7) is 10.7. The van der Waals surface area contributed by atoms with E-state index in [9.17, 15) is 40.3 Å². The molecule has 0 saturated heterocycles. The van der Waals surface area contributed by atoms with Crippen molar-refractivity contribution in [1.29, 1.82) is 0 Å². The number of primary sulfonamides is 1. The lowest BCUT2D eigenvalue weighted by Gasteiger charge is -2.19. The summed E-state index contributed by atoms with van der Waals surface area (Å²) in [4.78, 5) is 32.2. The number of amides is 1. The van der Waals surface area contributed by atoms with Gasteiger partial charge in [-0.1, -0.05) is 88.4 Å². The highest BCUT2D eigenvalue weighted by atomic mass is 32.2. The van der Waals surface area contributed by atoms with Gasteiger partial charge in [0.25, 0.3) is 0 Å². The zero-order valence-corrected chi connectivity index (χ0v) is 40.2. The average molecular weight is 959 g/mol. The number of nitrogens with two attached hydrogens (primary N) is 1. The molecule has 1 amide bonds. The number of carboxylic acid groups (broad SMARTS) is 1. The molecule has 6 aromatic rings. The summed E-state index contributed by atoms with van der Waals surface area (Å²) < 4.78 is 88.4. The number of carboxylic acids is 1. The Morgan fingerprint density at radius 3 is 1.40 bits per heavy atom. The molecule has 0 spiro atoms. The number of pyridine rings is 2. The molecule has 17 heteroatoms. The van der Waals surface area contributed by atoms with Gasteiger partial charge in [-0.25, -0.2) is 40.7 Å². The van der Waals surface area contributed by atoms with Crippen LogP contribution in [0, 0.1) is 11.6 Å². The first kappa shape index (κ1) is 53.1. The Morgan fingerprint density at radius 2 is 1.03 bits per heavy atom. The molecule has 0 aliphatic rings. The Bertz CT molecular complexity index is 2870. The van der Waals surface area contributed by atoms with Crippen LogP contribution in [0.5, 0.6) is 11.8 Å². The molecular formula is C50H56F2N4O9S2. The molecule has 13 nitrogen and oxygen atoms in total. The number of hydrogen-bond acceptors (Lipinski definition) is 10. The molecule has 0 radical (unpaired) electrons. The van der Waals surface area contributed by atoms with Gasteiger partial charge in [0.05, 0.1) is 32.3 Å². The van der Waals surface area contributed by atoms with Gasteiger partial charge in [-0.05, 0) is 118 Å². The van der Waals surface area contributed by atoms with E-state index in [2.05, 4.69) is 14.7 Å². The fraction of sp³-hybridized carbons (Fsp3) is 0.280. The summed E-state index contributed by atoms with van der Waals surface area (Å²) in [6, 6.07) is 29.8. The molecule has 2 atom stereocenters. The minimum absolute atomic E-state index is 0.0209. The number of sulfonamides is 2. The lowest BCUT2D eigenvalue weighted by molar-refractivity contribution is -0.136. The quantitative estimate of drug-likeness (QED) is 0.0884. The fourth-order valence-corrected chi connectivity index (χ4v) is 8.66. The predicted molar refractivity (Wildman–Crippen MR) is 255 cm³/mol. The Balaban J connectivity index is 0.000000246. The van der Waals surface area contributed by atoms with Crippen LogP contribution >= 0.6 is 0 Å². The summed E-state index contributed by atoms with van der Waals surface area (Å²) in [6.07, 6.45) is 2.70. The minimum Gasteiger partial charge on any atom is -0.481 e. The van der Waals surface area contributed by atoms with Gasteiger partial charge in [0, 0.05) is 24.5 Å². The van der Waals surface area contributed by atoms with Crippen molar-refractivity contribution < 1.29 is 49.8 Å². The first-order valence-electron chi connectivity index (χ1n) is 21.1. The van der Waals surface area contributed by atoms with Crippen LogP contribution in [0.2, 0.25) is 0 Å². The van der Waals surface area contributed by atoms with Crippen LogP contribution in [-0.4, -0.2) is 58.0 Å². The fourth-order valence-electron chi connectivity index (χ4n) is 7.04. The van der Waals surface area contributed by atoms with E-state index >= 15 is 0 Å². The van der Waals surface area contributed by atoms with E-state index in [4.69, 9.17) is 14.6 Å².